The lowest BCUT2D eigenvalue weighted by atomic mass is 10.1. The Morgan fingerprint density at radius 2 is 2.05 bits per heavy atom. The molecule has 0 saturated heterocycles. The Balaban J connectivity index is 1.74. The highest BCUT2D eigenvalue weighted by Gasteiger charge is 2.16. The maximum Gasteiger partial charge on any atom is 0.225 e. The first-order valence-corrected chi connectivity index (χ1v) is 7.41. The number of aromatic amines is 2. The molecule has 0 saturated carbocycles. The number of H-pyrrole nitrogens is 2. The van der Waals surface area contributed by atoms with Gasteiger partial charge in [0.25, 0.3) is 0 Å². The molecule has 3 aromatic rings. The Hall–Kier alpha value is -2.56. The number of rotatable bonds is 4. The predicted molar refractivity (Wildman–Crippen MR) is 86.6 cm³/mol. The molecule has 22 heavy (non-hydrogen) atoms. The van der Waals surface area contributed by atoms with Gasteiger partial charge in [-0.3, -0.25) is 4.79 Å². The predicted octanol–water partition coefficient (Wildman–Crippen LogP) is 2.93. The van der Waals surface area contributed by atoms with E-state index >= 15 is 0 Å². The maximum absolute atomic E-state index is 12.3. The van der Waals surface area contributed by atoms with Crippen LogP contribution in [0.15, 0.2) is 30.5 Å². The van der Waals surface area contributed by atoms with Crippen molar-refractivity contribution < 1.29 is 4.79 Å². The van der Waals surface area contributed by atoms with Crippen molar-refractivity contribution >= 4 is 16.8 Å². The molecule has 1 aromatic carbocycles. The second-order valence-corrected chi connectivity index (χ2v) is 5.69. The highest BCUT2D eigenvalue weighted by molar-refractivity contribution is 5.90. The van der Waals surface area contributed by atoms with E-state index in [0.29, 0.717) is 6.42 Å². The van der Waals surface area contributed by atoms with Crippen molar-refractivity contribution in [3.8, 4) is 0 Å². The van der Waals surface area contributed by atoms with E-state index in [1.165, 1.54) is 0 Å². The fourth-order valence-electron chi connectivity index (χ4n) is 2.74. The van der Waals surface area contributed by atoms with Gasteiger partial charge < -0.3 is 15.3 Å². The monoisotopic (exact) mass is 296 g/mol. The number of carbonyl (C=O) groups is 1. The molecular formula is C17H20N4O. The molecule has 3 N–H and O–H groups in total. The lowest BCUT2D eigenvalue weighted by Gasteiger charge is -2.11. The van der Waals surface area contributed by atoms with Crippen LogP contribution in [0.3, 0.4) is 0 Å². The number of hydrogen-bond acceptors (Lipinski definition) is 2. The van der Waals surface area contributed by atoms with Crippen molar-refractivity contribution in [1.82, 2.24) is 20.3 Å². The van der Waals surface area contributed by atoms with Gasteiger partial charge in [0.05, 0.1) is 12.5 Å². The Kier molecular flexibility index (Phi) is 3.71. The van der Waals surface area contributed by atoms with Crippen molar-refractivity contribution in [3.63, 3.8) is 0 Å². The minimum atomic E-state index is -0.133. The number of benzene rings is 1. The molecule has 3 rings (SSSR count). The molecule has 2 heterocycles. The molecule has 0 aliphatic heterocycles. The number of carbonyl (C=O) groups excluding carboxylic acids is 1. The van der Waals surface area contributed by atoms with Gasteiger partial charge in [0.1, 0.15) is 5.82 Å². The molecule has 1 atom stereocenters. The number of aryl methyl sites for hydroxylation is 2. The zero-order valence-corrected chi connectivity index (χ0v) is 13.0. The van der Waals surface area contributed by atoms with E-state index in [9.17, 15) is 4.79 Å². The Morgan fingerprint density at radius 1 is 1.27 bits per heavy atom. The van der Waals surface area contributed by atoms with E-state index in [-0.39, 0.29) is 11.9 Å². The molecule has 0 spiro atoms. The Morgan fingerprint density at radius 3 is 2.77 bits per heavy atom. The Labute approximate surface area is 129 Å². The number of imidazole rings is 1. The molecule has 0 bridgehead atoms. The lowest BCUT2D eigenvalue weighted by Crippen LogP contribution is -2.28. The topological polar surface area (TPSA) is 73.6 Å². The van der Waals surface area contributed by atoms with Gasteiger partial charge in [-0.05, 0) is 32.4 Å². The van der Waals surface area contributed by atoms with Gasteiger partial charge in [0.2, 0.25) is 5.91 Å². The van der Waals surface area contributed by atoms with Crippen LogP contribution in [0.5, 0.6) is 0 Å². The van der Waals surface area contributed by atoms with Crippen molar-refractivity contribution in [3.05, 3.63) is 53.2 Å². The summed E-state index contributed by atoms with van der Waals surface area (Å²) < 4.78 is 0. The number of fused-ring (bicyclic) bond motifs is 1. The fourth-order valence-corrected chi connectivity index (χ4v) is 2.74. The summed E-state index contributed by atoms with van der Waals surface area (Å²) in [6.07, 6.45) is 2.13. The minimum absolute atomic E-state index is 0.00518. The van der Waals surface area contributed by atoms with Crippen LogP contribution < -0.4 is 5.32 Å². The smallest absolute Gasteiger partial charge is 0.225 e. The minimum Gasteiger partial charge on any atom is -0.358 e. The van der Waals surface area contributed by atoms with Crippen molar-refractivity contribution in [2.75, 3.05) is 0 Å². The SMILES string of the molecule is Cc1cnc([C@@H](C)NC(=O)Cc2c(C)[nH]c3ccccc23)[nH]1. The van der Waals surface area contributed by atoms with Crippen molar-refractivity contribution in [1.29, 1.82) is 0 Å². The summed E-state index contributed by atoms with van der Waals surface area (Å²) in [5, 5.41) is 4.10. The number of amides is 1. The third-order valence-electron chi connectivity index (χ3n) is 3.87. The molecule has 1 amide bonds. The molecule has 0 aliphatic carbocycles. The number of nitrogens with one attached hydrogen (secondary N) is 3. The van der Waals surface area contributed by atoms with Gasteiger partial charge in [0, 0.05) is 28.5 Å². The first-order valence-electron chi connectivity index (χ1n) is 7.41. The van der Waals surface area contributed by atoms with E-state index in [1.807, 2.05) is 45.0 Å². The average molecular weight is 296 g/mol. The lowest BCUT2D eigenvalue weighted by molar-refractivity contribution is -0.121. The van der Waals surface area contributed by atoms with E-state index in [2.05, 4.69) is 20.3 Å². The molecule has 0 aliphatic rings. The summed E-state index contributed by atoms with van der Waals surface area (Å²) in [6, 6.07) is 7.92. The largest absolute Gasteiger partial charge is 0.358 e. The van der Waals surface area contributed by atoms with Crippen LogP contribution in [-0.2, 0) is 11.2 Å². The van der Waals surface area contributed by atoms with E-state index < -0.39 is 0 Å². The first-order chi connectivity index (χ1) is 10.5. The highest BCUT2D eigenvalue weighted by Crippen LogP contribution is 2.22. The summed E-state index contributed by atoms with van der Waals surface area (Å²) in [7, 11) is 0. The van der Waals surface area contributed by atoms with E-state index in [1.54, 1.807) is 6.20 Å². The third-order valence-corrected chi connectivity index (χ3v) is 3.87. The normalized spacial score (nSPS) is 12.5. The van der Waals surface area contributed by atoms with Crippen LogP contribution in [0.4, 0.5) is 0 Å². The number of aromatic nitrogens is 3. The highest BCUT2D eigenvalue weighted by atomic mass is 16.1. The molecule has 0 unspecified atom stereocenters. The van der Waals surface area contributed by atoms with Crippen molar-refractivity contribution in [2.45, 2.75) is 33.2 Å². The Bertz CT molecular complexity index is 815. The molecule has 5 nitrogen and oxygen atoms in total. The van der Waals surface area contributed by atoms with Gasteiger partial charge in [-0.2, -0.15) is 0 Å². The van der Waals surface area contributed by atoms with Crippen LogP contribution >= 0.6 is 0 Å². The van der Waals surface area contributed by atoms with Crippen LogP contribution in [0.25, 0.3) is 10.9 Å². The number of para-hydroxylation sites is 1. The second-order valence-electron chi connectivity index (χ2n) is 5.69. The van der Waals surface area contributed by atoms with Crippen LogP contribution in [0.2, 0.25) is 0 Å². The van der Waals surface area contributed by atoms with Crippen LogP contribution in [-0.4, -0.2) is 20.9 Å². The molecule has 0 radical (unpaired) electrons. The third kappa shape index (κ3) is 2.74. The number of nitrogens with zero attached hydrogens (tertiary/aromatic N) is 1. The summed E-state index contributed by atoms with van der Waals surface area (Å²) in [5.74, 6) is 0.774. The molecule has 2 aromatic heterocycles. The first kappa shape index (κ1) is 14.4. The summed E-state index contributed by atoms with van der Waals surface area (Å²) in [4.78, 5) is 23.1. The zero-order chi connectivity index (χ0) is 15.7. The molecule has 5 heteroatoms. The van der Waals surface area contributed by atoms with Gasteiger partial charge >= 0.3 is 0 Å². The van der Waals surface area contributed by atoms with Gasteiger partial charge in [-0.25, -0.2) is 4.98 Å². The molecular weight excluding hydrogens is 276 g/mol. The molecule has 0 fully saturated rings. The van der Waals surface area contributed by atoms with Gasteiger partial charge in [-0.1, -0.05) is 18.2 Å². The quantitative estimate of drug-likeness (QED) is 0.692. The van der Waals surface area contributed by atoms with Crippen LogP contribution in [0, 0.1) is 13.8 Å². The zero-order valence-electron chi connectivity index (χ0n) is 13.0. The van der Waals surface area contributed by atoms with Crippen molar-refractivity contribution in [2.24, 2.45) is 0 Å². The summed E-state index contributed by atoms with van der Waals surface area (Å²) in [6.45, 7) is 5.88. The standard InChI is InChI=1S/C17H20N4O/c1-10-9-18-17(19-10)12(3)21-16(22)8-14-11(2)20-15-7-5-4-6-13(14)15/h4-7,9,12,20H,8H2,1-3H3,(H,18,19)(H,21,22)/t12-/m1/s1. The maximum atomic E-state index is 12.3. The van der Waals surface area contributed by atoms with Gasteiger partial charge in [0.15, 0.2) is 0 Å². The fraction of sp³-hybridized carbons (Fsp3) is 0.294. The second kappa shape index (κ2) is 5.67. The van der Waals surface area contributed by atoms with E-state index in [0.717, 1.165) is 33.7 Å². The average Bonchev–Trinajstić information content (AvgIpc) is 3.04. The van der Waals surface area contributed by atoms with E-state index in [4.69, 9.17) is 0 Å². The summed E-state index contributed by atoms with van der Waals surface area (Å²) in [5.41, 5.74) is 4.15. The van der Waals surface area contributed by atoms with Gasteiger partial charge in [-0.15, -0.1) is 0 Å². The number of hydrogen-bond donors (Lipinski definition) is 3. The van der Waals surface area contributed by atoms with Crippen LogP contribution in [0.1, 0.15) is 35.7 Å². The molecule has 114 valence electrons. The summed E-state index contributed by atoms with van der Waals surface area (Å²) >= 11 is 0.